The lowest BCUT2D eigenvalue weighted by Gasteiger charge is -2.11. The summed E-state index contributed by atoms with van der Waals surface area (Å²) in [6.07, 6.45) is 0. The number of amides is 1. The summed E-state index contributed by atoms with van der Waals surface area (Å²) in [5.41, 5.74) is -0.136. The van der Waals surface area contributed by atoms with Crippen LogP contribution in [-0.2, 0) is 14.4 Å². The van der Waals surface area contributed by atoms with Gasteiger partial charge in [0, 0.05) is 19.1 Å². The van der Waals surface area contributed by atoms with Crippen LogP contribution in [0.5, 0.6) is 5.75 Å². The molecule has 0 aromatic heterocycles. The SMILES string of the molecule is CC(=O)C(=O)N[C@@H](C)C(=O)Oc1ccc([N+](=O)[O-])cc1. The quantitative estimate of drug-likeness (QED) is 0.277. The van der Waals surface area contributed by atoms with E-state index in [2.05, 4.69) is 5.32 Å². The Kier molecular flexibility index (Phi) is 4.90. The predicted octanol–water partition coefficient (Wildman–Crippen LogP) is 0.594. The van der Waals surface area contributed by atoms with Crippen molar-refractivity contribution in [2.45, 2.75) is 19.9 Å². The largest absolute Gasteiger partial charge is 0.425 e. The molecule has 1 atom stereocenters. The smallest absolute Gasteiger partial charge is 0.333 e. The molecule has 0 fully saturated rings. The molecule has 0 saturated heterocycles. The second-order valence-electron chi connectivity index (χ2n) is 3.92. The van der Waals surface area contributed by atoms with E-state index in [4.69, 9.17) is 4.74 Å². The minimum absolute atomic E-state index is 0.101. The number of ether oxygens (including phenoxy) is 1. The van der Waals surface area contributed by atoms with Crippen LogP contribution < -0.4 is 10.1 Å². The minimum atomic E-state index is -1.01. The predicted molar refractivity (Wildman–Crippen MR) is 67.0 cm³/mol. The Balaban J connectivity index is 2.63. The van der Waals surface area contributed by atoms with Crippen molar-refractivity contribution in [1.29, 1.82) is 0 Å². The molecule has 0 saturated carbocycles. The van der Waals surface area contributed by atoms with Gasteiger partial charge in [-0.25, -0.2) is 4.79 Å². The number of carbonyl (C=O) groups is 3. The van der Waals surface area contributed by atoms with Crippen molar-refractivity contribution in [3.05, 3.63) is 34.4 Å². The Labute approximate surface area is 113 Å². The number of Topliss-reactive ketones (excluding diaryl/α,β-unsaturated/α-hetero) is 1. The van der Waals surface area contributed by atoms with Crippen LogP contribution in [0.1, 0.15) is 13.8 Å². The normalized spacial score (nSPS) is 11.3. The Bertz CT molecular complexity index is 552. The van der Waals surface area contributed by atoms with Crippen molar-refractivity contribution in [2.24, 2.45) is 0 Å². The monoisotopic (exact) mass is 280 g/mol. The number of hydrogen-bond acceptors (Lipinski definition) is 6. The van der Waals surface area contributed by atoms with Crippen molar-refractivity contribution in [1.82, 2.24) is 5.32 Å². The molecule has 1 N–H and O–H groups in total. The number of nitrogens with zero attached hydrogens (tertiary/aromatic N) is 1. The molecule has 0 aliphatic rings. The molecule has 0 aliphatic heterocycles. The number of nitro benzene ring substituents is 1. The van der Waals surface area contributed by atoms with Crippen molar-refractivity contribution < 1.29 is 24.0 Å². The molecule has 0 aliphatic carbocycles. The van der Waals surface area contributed by atoms with E-state index in [0.717, 1.165) is 6.92 Å². The molecular formula is C12H12N2O6. The summed E-state index contributed by atoms with van der Waals surface area (Å²) in [4.78, 5) is 43.3. The Morgan fingerprint density at radius 2 is 1.80 bits per heavy atom. The van der Waals surface area contributed by atoms with Gasteiger partial charge < -0.3 is 10.1 Å². The maximum absolute atomic E-state index is 11.6. The molecule has 0 radical (unpaired) electrons. The molecule has 1 amide bonds. The first-order valence-electron chi connectivity index (χ1n) is 5.59. The average Bonchev–Trinajstić information content (AvgIpc) is 2.38. The first-order chi connectivity index (χ1) is 9.31. The van der Waals surface area contributed by atoms with Gasteiger partial charge in [0.05, 0.1) is 4.92 Å². The van der Waals surface area contributed by atoms with Gasteiger partial charge in [-0.05, 0) is 19.1 Å². The van der Waals surface area contributed by atoms with Gasteiger partial charge in [-0.2, -0.15) is 0 Å². The standard InChI is InChI=1S/C12H12N2O6/c1-7(13-11(16)8(2)15)12(17)20-10-5-3-9(4-6-10)14(18)19/h3-7H,1-2H3,(H,13,16)/t7-/m0/s1. The Morgan fingerprint density at radius 1 is 1.25 bits per heavy atom. The van der Waals surface area contributed by atoms with E-state index in [1.165, 1.54) is 31.2 Å². The summed E-state index contributed by atoms with van der Waals surface area (Å²) >= 11 is 0. The van der Waals surface area contributed by atoms with Gasteiger partial charge >= 0.3 is 5.97 Å². The molecule has 0 spiro atoms. The highest BCUT2D eigenvalue weighted by atomic mass is 16.6. The van der Waals surface area contributed by atoms with Gasteiger partial charge in [0.25, 0.3) is 11.6 Å². The van der Waals surface area contributed by atoms with E-state index < -0.39 is 28.6 Å². The fraction of sp³-hybridized carbons (Fsp3) is 0.250. The maximum atomic E-state index is 11.6. The third kappa shape index (κ3) is 4.16. The molecule has 8 nitrogen and oxygen atoms in total. The van der Waals surface area contributed by atoms with Crippen LogP contribution in [0.4, 0.5) is 5.69 Å². The summed E-state index contributed by atoms with van der Waals surface area (Å²) in [5.74, 6) is -2.30. The molecule has 8 heteroatoms. The van der Waals surface area contributed by atoms with E-state index in [0.29, 0.717) is 0 Å². The van der Waals surface area contributed by atoms with E-state index in [-0.39, 0.29) is 11.4 Å². The van der Waals surface area contributed by atoms with E-state index >= 15 is 0 Å². The molecular weight excluding hydrogens is 268 g/mol. The second kappa shape index (κ2) is 6.41. The van der Waals surface area contributed by atoms with Crippen LogP contribution in [0.25, 0.3) is 0 Å². The van der Waals surface area contributed by atoms with Crippen molar-refractivity contribution in [3.8, 4) is 5.75 Å². The molecule has 0 bridgehead atoms. The zero-order valence-corrected chi connectivity index (χ0v) is 10.8. The van der Waals surface area contributed by atoms with E-state index in [9.17, 15) is 24.5 Å². The summed E-state index contributed by atoms with van der Waals surface area (Å²) < 4.78 is 4.90. The highest BCUT2D eigenvalue weighted by molar-refractivity contribution is 6.35. The molecule has 106 valence electrons. The zero-order valence-electron chi connectivity index (χ0n) is 10.8. The average molecular weight is 280 g/mol. The number of benzene rings is 1. The van der Waals surface area contributed by atoms with Crippen molar-refractivity contribution >= 4 is 23.3 Å². The minimum Gasteiger partial charge on any atom is -0.425 e. The van der Waals surface area contributed by atoms with Crippen molar-refractivity contribution in [2.75, 3.05) is 0 Å². The highest BCUT2D eigenvalue weighted by Gasteiger charge is 2.20. The van der Waals surface area contributed by atoms with Gasteiger partial charge in [0.1, 0.15) is 11.8 Å². The van der Waals surface area contributed by atoms with Gasteiger partial charge in [-0.15, -0.1) is 0 Å². The van der Waals surface area contributed by atoms with Crippen LogP contribution in [0.2, 0.25) is 0 Å². The topological polar surface area (TPSA) is 116 Å². The molecule has 1 aromatic carbocycles. The molecule has 0 heterocycles. The van der Waals surface area contributed by atoms with Crippen LogP contribution in [0, 0.1) is 10.1 Å². The number of non-ortho nitro benzene ring substituents is 1. The van der Waals surface area contributed by atoms with Crippen LogP contribution >= 0.6 is 0 Å². The summed E-state index contributed by atoms with van der Waals surface area (Å²) in [6.45, 7) is 2.43. The molecule has 20 heavy (non-hydrogen) atoms. The summed E-state index contributed by atoms with van der Waals surface area (Å²) in [7, 11) is 0. The third-order valence-electron chi connectivity index (χ3n) is 2.29. The number of nitro groups is 1. The Hall–Kier alpha value is -2.77. The molecule has 1 rings (SSSR count). The fourth-order valence-corrected chi connectivity index (χ4v) is 1.20. The van der Waals surface area contributed by atoms with Gasteiger partial charge in [-0.3, -0.25) is 19.7 Å². The zero-order chi connectivity index (χ0) is 15.3. The van der Waals surface area contributed by atoms with Gasteiger partial charge in [0.2, 0.25) is 5.78 Å². The maximum Gasteiger partial charge on any atom is 0.333 e. The number of carbonyl (C=O) groups excluding carboxylic acids is 3. The number of esters is 1. The van der Waals surface area contributed by atoms with E-state index in [1.54, 1.807) is 0 Å². The van der Waals surface area contributed by atoms with Gasteiger partial charge in [-0.1, -0.05) is 0 Å². The highest BCUT2D eigenvalue weighted by Crippen LogP contribution is 2.17. The van der Waals surface area contributed by atoms with Crippen LogP contribution in [-0.4, -0.2) is 28.6 Å². The van der Waals surface area contributed by atoms with Gasteiger partial charge in [0.15, 0.2) is 0 Å². The second-order valence-corrected chi connectivity index (χ2v) is 3.92. The number of nitrogens with one attached hydrogen (secondary N) is 1. The lowest BCUT2D eigenvalue weighted by Crippen LogP contribution is -2.43. The number of hydrogen-bond donors (Lipinski definition) is 1. The molecule has 1 aromatic rings. The third-order valence-corrected chi connectivity index (χ3v) is 2.29. The molecule has 0 unspecified atom stereocenters. The first kappa shape index (κ1) is 15.3. The number of ketones is 1. The Morgan fingerprint density at radius 3 is 2.25 bits per heavy atom. The van der Waals surface area contributed by atoms with Crippen LogP contribution in [0.15, 0.2) is 24.3 Å². The fourth-order valence-electron chi connectivity index (χ4n) is 1.20. The summed E-state index contributed by atoms with van der Waals surface area (Å²) in [5, 5.41) is 12.6. The van der Waals surface area contributed by atoms with E-state index in [1.807, 2.05) is 0 Å². The first-order valence-corrected chi connectivity index (χ1v) is 5.59. The summed E-state index contributed by atoms with van der Waals surface area (Å²) in [6, 6.07) is 3.87. The number of rotatable bonds is 5. The lowest BCUT2D eigenvalue weighted by atomic mass is 10.3. The van der Waals surface area contributed by atoms with Crippen molar-refractivity contribution in [3.63, 3.8) is 0 Å². The lowest BCUT2D eigenvalue weighted by molar-refractivity contribution is -0.384. The van der Waals surface area contributed by atoms with Crippen LogP contribution in [0.3, 0.4) is 0 Å².